The van der Waals surface area contributed by atoms with Gasteiger partial charge in [0.15, 0.2) is 0 Å². The van der Waals surface area contributed by atoms with Crippen LogP contribution in [-0.4, -0.2) is 28.5 Å². The molecule has 8 heteroatoms. The van der Waals surface area contributed by atoms with Crippen LogP contribution < -0.4 is 9.47 Å². The van der Waals surface area contributed by atoms with Gasteiger partial charge in [-0.3, -0.25) is 4.68 Å². The third kappa shape index (κ3) is 3.19. The highest BCUT2D eigenvalue weighted by Crippen LogP contribution is 2.36. The summed E-state index contributed by atoms with van der Waals surface area (Å²) in [5.41, 5.74) is 3.42. The Bertz CT molecular complexity index is 1140. The van der Waals surface area contributed by atoms with E-state index in [0.717, 1.165) is 27.4 Å². The lowest BCUT2D eigenvalue weighted by molar-refractivity contribution is -0.0497. The molecule has 0 amide bonds. The molecule has 2 aromatic carbocycles. The van der Waals surface area contributed by atoms with Crippen LogP contribution >= 0.6 is 11.6 Å². The number of ether oxygens (including phenoxy) is 2. The minimum atomic E-state index is -2.87. The second-order valence-electron chi connectivity index (χ2n) is 6.19. The molecule has 0 spiro atoms. The Balaban J connectivity index is 1.78. The number of halogens is 3. The van der Waals surface area contributed by atoms with Crippen molar-refractivity contribution in [2.24, 2.45) is 0 Å². The third-order valence-corrected chi connectivity index (χ3v) is 4.76. The molecule has 0 atom stereocenters. The molecule has 2 heterocycles. The molecule has 0 bridgehead atoms. The van der Waals surface area contributed by atoms with Crippen LogP contribution in [0.25, 0.3) is 21.8 Å². The fourth-order valence-electron chi connectivity index (χ4n) is 3.29. The number of benzene rings is 2. The zero-order chi connectivity index (χ0) is 19.1. The maximum absolute atomic E-state index is 12.4. The summed E-state index contributed by atoms with van der Waals surface area (Å²) in [6.07, 6.45) is 3.59. The highest BCUT2D eigenvalue weighted by atomic mass is 35.5. The largest absolute Gasteiger partial charge is 0.496 e. The maximum Gasteiger partial charge on any atom is 0.387 e. The van der Waals surface area contributed by atoms with Crippen LogP contribution in [0.3, 0.4) is 0 Å². The molecule has 4 rings (SSSR count). The standard InChI is InChI=1S/C19H16ClF2N3O2/c1-10-5-16(26-2)13(17-14(20)7-23-18(10)17)9-25-8-11-3-4-12(27-19(21)22)6-15(11)24-25/h3-8,19,23H,9H2,1-2H3. The number of aryl methyl sites for hydroxylation is 1. The first kappa shape index (κ1) is 17.6. The fraction of sp³-hybridized carbons (Fsp3) is 0.211. The van der Waals surface area contributed by atoms with Crippen LogP contribution in [0.2, 0.25) is 5.02 Å². The van der Waals surface area contributed by atoms with E-state index < -0.39 is 6.61 Å². The number of H-pyrrole nitrogens is 1. The van der Waals surface area contributed by atoms with Crippen molar-refractivity contribution in [2.75, 3.05) is 7.11 Å². The quantitative estimate of drug-likeness (QED) is 0.512. The first-order valence-corrected chi connectivity index (χ1v) is 8.59. The van der Waals surface area contributed by atoms with E-state index in [1.54, 1.807) is 24.1 Å². The van der Waals surface area contributed by atoms with E-state index in [1.807, 2.05) is 19.2 Å². The van der Waals surface area contributed by atoms with E-state index in [4.69, 9.17) is 16.3 Å². The molecule has 0 saturated carbocycles. The van der Waals surface area contributed by atoms with Crippen molar-refractivity contribution in [3.8, 4) is 11.5 Å². The zero-order valence-corrected chi connectivity index (χ0v) is 15.3. The lowest BCUT2D eigenvalue weighted by atomic mass is 10.0. The average molecular weight is 392 g/mol. The normalized spacial score (nSPS) is 11.6. The summed E-state index contributed by atoms with van der Waals surface area (Å²) in [6.45, 7) is -0.476. The van der Waals surface area contributed by atoms with E-state index >= 15 is 0 Å². The molecule has 0 saturated heterocycles. The molecule has 0 aliphatic carbocycles. The molecule has 2 aromatic heterocycles. The van der Waals surface area contributed by atoms with Crippen LogP contribution in [-0.2, 0) is 6.54 Å². The second-order valence-corrected chi connectivity index (χ2v) is 6.59. The summed E-state index contributed by atoms with van der Waals surface area (Å²) in [7, 11) is 1.61. The highest BCUT2D eigenvalue weighted by molar-refractivity contribution is 6.36. The summed E-state index contributed by atoms with van der Waals surface area (Å²) in [5, 5.41) is 6.78. The van der Waals surface area contributed by atoms with Gasteiger partial charge in [-0.1, -0.05) is 11.6 Å². The molecule has 0 radical (unpaired) electrons. The summed E-state index contributed by atoms with van der Waals surface area (Å²) < 4.78 is 36.5. The Labute approximate surface area is 158 Å². The number of nitrogens with zero attached hydrogens (tertiary/aromatic N) is 2. The lowest BCUT2D eigenvalue weighted by Crippen LogP contribution is -2.04. The van der Waals surface area contributed by atoms with Gasteiger partial charge in [0.05, 0.1) is 29.7 Å². The predicted octanol–water partition coefficient (Wildman–Crippen LogP) is 5.14. The summed E-state index contributed by atoms with van der Waals surface area (Å²) in [4.78, 5) is 3.18. The van der Waals surface area contributed by atoms with Crippen molar-refractivity contribution >= 4 is 33.4 Å². The zero-order valence-electron chi connectivity index (χ0n) is 14.6. The van der Waals surface area contributed by atoms with Crippen molar-refractivity contribution in [2.45, 2.75) is 20.1 Å². The molecule has 0 aliphatic rings. The Kier molecular flexibility index (Phi) is 4.39. The van der Waals surface area contributed by atoms with Crippen molar-refractivity contribution in [1.29, 1.82) is 0 Å². The lowest BCUT2D eigenvalue weighted by Gasteiger charge is -2.12. The number of aromatic amines is 1. The Morgan fingerprint density at radius 1 is 1.30 bits per heavy atom. The van der Waals surface area contributed by atoms with Gasteiger partial charge in [0.1, 0.15) is 11.5 Å². The fourth-order valence-corrected chi connectivity index (χ4v) is 3.55. The number of aromatic nitrogens is 3. The molecular formula is C19H16ClF2N3O2. The summed E-state index contributed by atoms with van der Waals surface area (Å²) in [5.74, 6) is 0.787. The molecule has 1 N–H and O–H groups in total. The van der Waals surface area contributed by atoms with Gasteiger partial charge in [0.2, 0.25) is 0 Å². The number of hydrogen-bond acceptors (Lipinski definition) is 3. The number of methoxy groups -OCH3 is 1. The minimum Gasteiger partial charge on any atom is -0.496 e. The summed E-state index contributed by atoms with van der Waals surface area (Å²) in [6, 6.07) is 6.63. The SMILES string of the molecule is COc1cc(C)c2[nH]cc(Cl)c2c1Cn1cc2ccc(OC(F)F)cc2n1. The number of fused-ring (bicyclic) bond motifs is 2. The summed E-state index contributed by atoms with van der Waals surface area (Å²) >= 11 is 6.39. The van der Waals surface area contributed by atoms with Gasteiger partial charge >= 0.3 is 6.61 Å². The van der Waals surface area contributed by atoms with Gasteiger partial charge in [-0.25, -0.2) is 0 Å². The van der Waals surface area contributed by atoms with E-state index in [2.05, 4.69) is 14.8 Å². The Morgan fingerprint density at radius 2 is 2.11 bits per heavy atom. The number of hydrogen-bond donors (Lipinski definition) is 1. The number of rotatable bonds is 5. The predicted molar refractivity (Wildman–Crippen MR) is 100 cm³/mol. The smallest absolute Gasteiger partial charge is 0.387 e. The van der Waals surface area contributed by atoms with Crippen molar-refractivity contribution < 1.29 is 18.3 Å². The van der Waals surface area contributed by atoms with Crippen molar-refractivity contribution in [3.05, 3.63) is 52.8 Å². The molecule has 140 valence electrons. The highest BCUT2D eigenvalue weighted by Gasteiger charge is 2.17. The first-order chi connectivity index (χ1) is 13.0. The van der Waals surface area contributed by atoms with Gasteiger partial charge in [-0.15, -0.1) is 0 Å². The van der Waals surface area contributed by atoms with Gasteiger partial charge in [-0.2, -0.15) is 13.9 Å². The van der Waals surface area contributed by atoms with Gasteiger partial charge < -0.3 is 14.5 Å². The number of nitrogens with one attached hydrogen (secondary N) is 1. The maximum atomic E-state index is 12.4. The van der Waals surface area contributed by atoms with E-state index in [0.29, 0.717) is 22.8 Å². The average Bonchev–Trinajstić information content (AvgIpc) is 3.19. The third-order valence-electron chi connectivity index (χ3n) is 4.46. The Morgan fingerprint density at radius 3 is 2.85 bits per heavy atom. The monoisotopic (exact) mass is 391 g/mol. The molecule has 0 unspecified atom stereocenters. The topological polar surface area (TPSA) is 52.1 Å². The second kappa shape index (κ2) is 6.74. The van der Waals surface area contributed by atoms with E-state index in [1.165, 1.54) is 12.1 Å². The first-order valence-electron chi connectivity index (χ1n) is 8.21. The molecular weight excluding hydrogens is 376 g/mol. The van der Waals surface area contributed by atoms with Crippen LogP contribution in [0.15, 0.2) is 36.7 Å². The van der Waals surface area contributed by atoms with Crippen LogP contribution in [0.1, 0.15) is 11.1 Å². The van der Waals surface area contributed by atoms with Crippen LogP contribution in [0.5, 0.6) is 11.5 Å². The molecule has 27 heavy (non-hydrogen) atoms. The van der Waals surface area contributed by atoms with Gasteiger partial charge in [0, 0.05) is 34.8 Å². The van der Waals surface area contributed by atoms with Crippen LogP contribution in [0.4, 0.5) is 8.78 Å². The number of alkyl halides is 2. The van der Waals surface area contributed by atoms with Crippen LogP contribution in [0, 0.1) is 6.92 Å². The van der Waals surface area contributed by atoms with Gasteiger partial charge in [-0.05, 0) is 30.7 Å². The van der Waals surface area contributed by atoms with Crippen molar-refractivity contribution in [1.82, 2.24) is 14.8 Å². The van der Waals surface area contributed by atoms with Crippen molar-refractivity contribution in [3.63, 3.8) is 0 Å². The van der Waals surface area contributed by atoms with E-state index in [9.17, 15) is 8.78 Å². The molecule has 4 aromatic rings. The minimum absolute atomic E-state index is 0.0757. The molecule has 0 aliphatic heterocycles. The van der Waals surface area contributed by atoms with E-state index in [-0.39, 0.29) is 5.75 Å². The molecule has 0 fully saturated rings. The molecule has 5 nitrogen and oxygen atoms in total. The van der Waals surface area contributed by atoms with Gasteiger partial charge in [0.25, 0.3) is 0 Å². The Hall–Kier alpha value is -2.80.